The molecule has 0 radical (unpaired) electrons. The first-order chi connectivity index (χ1) is 12.6. The fourth-order valence-corrected chi connectivity index (χ4v) is 4.03. The molecule has 146 valence electrons. The Balaban J connectivity index is 1.68. The van der Waals surface area contributed by atoms with Crippen molar-refractivity contribution in [2.75, 3.05) is 6.61 Å². The van der Waals surface area contributed by atoms with E-state index in [1.165, 1.54) is 23.9 Å². The molecule has 1 aromatic heterocycles. The van der Waals surface area contributed by atoms with E-state index in [-0.39, 0.29) is 5.25 Å². The zero-order valence-corrected chi connectivity index (χ0v) is 14.7. The minimum Gasteiger partial charge on any atom is -0.373 e. The van der Waals surface area contributed by atoms with Crippen LogP contribution in [0.5, 0.6) is 0 Å². The van der Waals surface area contributed by atoms with Crippen LogP contribution < -0.4 is 0 Å². The van der Waals surface area contributed by atoms with Crippen LogP contribution in [0.25, 0.3) is 0 Å². The topological polar surface area (TPSA) is 22.1 Å². The number of halogens is 6. The maximum Gasteiger partial charge on any atom is 0.433 e. The highest BCUT2D eigenvalue weighted by molar-refractivity contribution is 8.00. The molecule has 0 saturated carbocycles. The molecule has 1 fully saturated rings. The summed E-state index contributed by atoms with van der Waals surface area (Å²) in [5.74, 6) is 0. The lowest BCUT2D eigenvalue weighted by Crippen LogP contribution is -2.22. The lowest BCUT2D eigenvalue weighted by atomic mass is 10.0. The summed E-state index contributed by atoms with van der Waals surface area (Å²) in [6, 6.07) is 7.34. The van der Waals surface area contributed by atoms with Crippen molar-refractivity contribution in [2.45, 2.75) is 41.4 Å². The number of ether oxygens (including phenoxy) is 1. The highest BCUT2D eigenvalue weighted by atomic mass is 32.2. The van der Waals surface area contributed by atoms with Crippen molar-refractivity contribution in [1.29, 1.82) is 0 Å². The van der Waals surface area contributed by atoms with Gasteiger partial charge in [0.15, 0.2) is 0 Å². The lowest BCUT2D eigenvalue weighted by molar-refractivity contribution is -0.141. The summed E-state index contributed by atoms with van der Waals surface area (Å²) in [5, 5.41) is -0.00507. The molecule has 0 N–H and O–H groups in total. The second kappa shape index (κ2) is 7.71. The Morgan fingerprint density at radius 3 is 2.41 bits per heavy atom. The van der Waals surface area contributed by atoms with Gasteiger partial charge in [-0.05, 0) is 42.7 Å². The zero-order valence-electron chi connectivity index (χ0n) is 13.8. The first-order valence-corrected chi connectivity index (χ1v) is 8.99. The van der Waals surface area contributed by atoms with E-state index >= 15 is 0 Å². The van der Waals surface area contributed by atoms with Gasteiger partial charge in [-0.3, -0.25) is 4.98 Å². The van der Waals surface area contributed by atoms with Crippen LogP contribution in [-0.2, 0) is 17.1 Å². The SMILES string of the molecule is FC(F)(F)c1cccc(SC2CCOC(c3ccc(C(F)(F)F)nc3)C2)c1. The van der Waals surface area contributed by atoms with Crippen molar-refractivity contribution >= 4 is 11.8 Å². The third kappa shape index (κ3) is 5.16. The molecule has 2 aromatic rings. The molecule has 2 heterocycles. The normalized spacial score (nSPS) is 21.3. The van der Waals surface area contributed by atoms with Crippen LogP contribution in [0.3, 0.4) is 0 Å². The molecule has 1 saturated heterocycles. The molecule has 0 aliphatic carbocycles. The monoisotopic (exact) mass is 407 g/mol. The fraction of sp³-hybridized carbons (Fsp3) is 0.389. The summed E-state index contributed by atoms with van der Waals surface area (Å²) < 4.78 is 81.9. The highest BCUT2D eigenvalue weighted by Gasteiger charge is 2.33. The molecule has 27 heavy (non-hydrogen) atoms. The molecular formula is C18H15F6NOS. The molecule has 1 aliphatic heterocycles. The zero-order chi connectivity index (χ0) is 19.7. The molecule has 0 amide bonds. The van der Waals surface area contributed by atoms with Gasteiger partial charge in [-0.1, -0.05) is 12.1 Å². The van der Waals surface area contributed by atoms with Crippen LogP contribution in [0.1, 0.15) is 35.8 Å². The minimum absolute atomic E-state index is 0.00507. The second-order valence-electron chi connectivity index (χ2n) is 6.12. The van der Waals surface area contributed by atoms with Gasteiger partial charge in [0.25, 0.3) is 0 Å². The van der Waals surface area contributed by atoms with Gasteiger partial charge in [0.2, 0.25) is 0 Å². The number of benzene rings is 1. The first kappa shape index (κ1) is 20.0. The van der Waals surface area contributed by atoms with Gasteiger partial charge >= 0.3 is 12.4 Å². The van der Waals surface area contributed by atoms with E-state index in [1.54, 1.807) is 6.07 Å². The van der Waals surface area contributed by atoms with Gasteiger partial charge in [-0.2, -0.15) is 26.3 Å². The average Bonchev–Trinajstić information content (AvgIpc) is 2.61. The van der Waals surface area contributed by atoms with Crippen molar-refractivity contribution in [2.24, 2.45) is 0 Å². The number of pyridine rings is 1. The average molecular weight is 407 g/mol. The molecule has 2 unspecified atom stereocenters. The fourth-order valence-electron chi connectivity index (χ4n) is 2.81. The molecule has 9 heteroatoms. The third-order valence-corrected chi connectivity index (χ3v) is 5.44. The number of rotatable bonds is 3. The van der Waals surface area contributed by atoms with E-state index in [2.05, 4.69) is 4.98 Å². The van der Waals surface area contributed by atoms with Crippen molar-refractivity contribution in [3.8, 4) is 0 Å². The summed E-state index contributed by atoms with van der Waals surface area (Å²) in [5.41, 5.74) is -1.16. The van der Waals surface area contributed by atoms with Crippen LogP contribution in [0.15, 0.2) is 47.5 Å². The van der Waals surface area contributed by atoms with E-state index in [0.29, 0.717) is 29.9 Å². The Labute approximate surface area is 155 Å². The second-order valence-corrected chi connectivity index (χ2v) is 7.50. The van der Waals surface area contributed by atoms with Crippen LogP contribution in [0.2, 0.25) is 0 Å². The van der Waals surface area contributed by atoms with Crippen LogP contribution in [-0.4, -0.2) is 16.8 Å². The van der Waals surface area contributed by atoms with Gasteiger partial charge in [-0.15, -0.1) is 11.8 Å². The first-order valence-electron chi connectivity index (χ1n) is 8.11. The van der Waals surface area contributed by atoms with Gasteiger partial charge in [0.05, 0.1) is 11.7 Å². The summed E-state index contributed by atoms with van der Waals surface area (Å²) in [4.78, 5) is 3.94. The molecule has 2 nitrogen and oxygen atoms in total. The maximum atomic E-state index is 12.8. The number of nitrogens with zero attached hydrogens (tertiary/aromatic N) is 1. The molecule has 3 rings (SSSR count). The van der Waals surface area contributed by atoms with Gasteiger partial charge in [-0.25, -0.2) is 0 Å². The minimum atomic E-state index is -4.51. The van der Waals surface area contributed by atoms with E-state index in [4.69, 9.17) is 4.74 Å². The maximum absolute atomic E-state index is 12.8. The Bertz CT molecular complexity index is 775. The predicted octanol–water partition coefficient (Wildman–Crippen LogP) is 6.13. The van der Waals surface area contributed by atoms with Crippen molar-refractivity contribution in [3.05, 3.63) is 59.4 Å². The van der Waals surface area contributed by atoms with Crippen LogP contribution in [0.4, 0.5) is 26.3 Å². The number of alkyl halides is 6. The molecule has 2 atom stereocenters. The predicted molar refractivity (Wildman–Crippen MR) is 88.3 cm³/mol. The lowest BCUT2D eigenvalue weighted by Gasteiger charge is -2.29. The van der Waals surface area contributed by atoms with E-state index in [9.17, 15) is 26.3 Å². The van der Waals surface area contributed by atoms with Gasteiger partial charge in [0, 0.05) is 22.9 Å². The van der Waals surface area contributed by atoms with Crippen LogP contribution in [0, 0.1) is 0 Å². The van der Waals surface area contributed by atoms with Crippen LogP contribution >= 0.6 is 11.8 Å². The number of aromatic nitrogens is 1. The van der Waals surface area contributed by atoms with Crippen molar-refractivity contribution in [1.82, 2.24) is 4.98 Å². The molecule has 1 aliphatic rings. The van der Waals surface area contributed by atoms with Gasteiger partial charge in [0.1, 0.15) is 5.69 Å². The molecule has 0 spiro atoms. The van der Waals surface area contributed by atoms with E-state index in [1.807, 2.05) is 0 Å². The summed E-state index contributed by atoms with van der Waals surface area (Å²) >= 11 is 1.32. The Hall–Kier alpha value is -1.74. The third-order valence-electron chi connectivity index (χ3n) is 4.15. The largest absolute Gasteiger partial charge is 0.433 e. The Morgan fingerprint density at radius 2 is 1.78 bits per heavy atom. The van der Waals surface area contributed by atoms with E-state index in [0.717, 1.165) is 24.4 Å². The molecule has 0 bridgehead atoms. The number of hydrogen-bond donors (Lipinski definition) is 0. The Kier molecular flexibility index (Phi) is 5.71. The smallest absolute Gasteiger partial charge is 0.373 e. The number of hydrogen-bond acceptors (Lipinski definition) is 3. The molecule has 1 aromatic carbocycles. The highest BCUT2D eigenvalue weighted by Crippen LogP contribution is 2.39. The summed E-state index contributed by atoms with van der Waals surface area (Å²) in [7, 11) is 0. The van der Waals surface area contributed by atoms with Gasteiger partial charge < -0.3 is 4.74 Å². The van der Waals surface area contributed by atoms with Crippen molar-refractivity contribution < 1.29 is 31.1 Å². The molecular weight excluding hydrogens is 392 g/mol. The Morgan fingerprint density at radius 1 is 1.00 bits per heavy atom. The van der Waals surface area contributed by atoms with Crippen molar-refractivity contribution in [3.63, 3.8) is 0 Å². The van der Waals surface area contributed by atoms with E-state index < -0.39 is 29.7 Å². The summed E-state index contributed by atoms with van der Waals surface area (Å²) in [6.45, 7) is 0.377. The standard InChI is InChI=1S/C18H15F6NOS/c19-17(20,21)12-2-1-3-13(8-12)27-14-6-7-26-15(9-14)11-4-5-16(25-10-11)18(22,23)24/h1-5,8,10,14-15H,6-7,9H2. The quantitative estimate of drug-likeness (QED) is 0.572. The number of thioether (sulfide) groups is 1. The summed E-state index contributed by atoms with van der Waals surface area (Å²) in [6.07, 6.45) is -7.07.